The summed E-state index contributed by atoms with van der Waals surface area (Å²) >= 11 is 0. The summed E-state index contributed by atoms with van der Waals surface area (Å²) in [7, 11) is 0. The van der Waals surface area contributed by atoms with Crippen LogP contribution in [0.5, 0.6) is 0 Å². The molecule has 0 saturated carbocycles. The maximum Gasteiger partial charge on any atom is 0.251 e. The Morgan fingerprint density at radius 1 is 1.00 bits per heavy atom. The standard InChI is InChI=1S/C22H25N5O3/c1-22(2,3)17-6-4-16(5-7-17)21(29)24-13-10-18(28)25-14-19-26-20(27-30-19)15-8-11-23-12-9-15/h4-9,11-12H,10,13-14H2,1-3H3,(H,24,29)(H,25,28). The lowest BCUT2D eigenvalue weighted by molar-refractivity contribution is -0.121. The van der Waals surface area contributed by atoms with E-state index in [1.165, 1.54) is 0 Å². The number of amides is 2. The molecule has 3 aromatic rings. The predicted molar refractivity (Wildman–Crippen MR) is 111 cm³/mol. The van der Waals surface area contributed by atoms with E-state index in [0.717, 1.165) is 11.1 Å². The van der Waals surface area contributed by atoms with Crippen LogP contribution in [0.3, 0.4) is 0 Å². The minimum Gasteiger partial charge on any atom is -0.352 e. The average Bonchev–Trinajstić information content (AvgIpc) is 3.21. The molecule has 2 amide bonds. The first-order valence-corrected chi connectivity index (χ1v) is 9.71. The Morgan fingerprint density at radius 2 is 1.70 bits per heavy atom. The first kappa shape index (κ1) is 21.2. The highest BCUT2D eigenvalue weighted by Gasteiger charge is 2.14. The van der Waals surface area contributed by atoms with Crippen LogP contribution in [-0.4, -0.2) is 33.5 Å². The van der Waals surface area contributed by atoms with Gasteiger partial charge in [0.2, 0.25) is 17.6 Å². The van der Waals surface area contributed by atoms with E-state index in [1.807, 2.05) is 12.1 Å². The van der Waals surface area contributed by atoms with Crippen LogP contribution in [0, 0.1) is 0 Å². The van der Waals surface area contributed by atoms with Crippen molar-refractivity contribution in [1.82, 2.24) is 25.8 Å². The van der Waals surface area contributed by atoms with Crippen molar-refractivity contribution in [3.63, 3.8) is 0 Å². The number of hydrogen-bond donors (Lipinski definition) is 2. The highest BCUT2D eigenvalue weighted by atomic mass is 16.5. The Balaban J connectivity index is 1.41. The zero-order valence-electron chi connectivity index (χ0n) is 17.3. The number of carbonyl (C=O) groups excluding carboxylic acids is 2. The van der Waals surface area contributed by atoms with E-state index < -0.39 is 0 Å². The van der Waals surface area contributed by atoms with Gasteiger partial charge in [-0.15, -0.1) is 0 Å². The number of aromatic nitrogens is 3. The van der Waals surface area contributed by atoms with Gasteiger partial charge in [-0.25, -0.2) is 0 Å². The molecule has 8 heteroatoms. The second-order valence-corrected chi connectivity index (χ2v) is 7.86. The van der Waals surface area contributed by atoms with E-state index in [2.05, 4.69) is 46.5 Å². The SMILES string of the molecule is CC(C)(C)c1ccc(C(=O)NCCC(=O)NCc2nc(-c3ccncc3)no2)cc1. The van der Waals surface area contributed by atoms with Crippen molar-refractivity contribution in [2.75, 3.05) is 6.54 Å². The lowest BCUT2D eigenvalue weighted by Gasteiger charge is -2.19. The van der Waals surface area contributed by atoms with E-state index in [1.54, 1.807) is 36.7 Å². The molecule has 0 unspecified atom stereocenters. The molecule has 0 spiro atoms. The molecule has 0 atom stereocenters. The number of pyridine rings is 1. The van der Waals surface area contributed by atoms with Crippen molar-refractivity contribution in [3.8, 4) is 11.4 Å². The van der Waals surface area contributed by atoms with Gasteiger partial charge >= 0.3 is 0 Å². The third kappa shape index (κ3) is 5.73. The Hall–Kier alpha value is -3.55. The highest BCUT2D eigenvalue weighted by molar-refractivity contribution is 5.94. The number of nitrogens with zero attached hydrogens (tertiary/aromatic N) is 3. The molecule has 156 valence electrons. The molecular weight excluding hydrogens is 382 g/mol. The summed E-state index contributed by atoms with van der Waals surface area (Å²) in [6.07, 6.45) is 3.43. The number of benzene rings is 1. The molecule has 3 rings (SSSR count). The molecule has 0 aliphatic heterocycles. The Morgan fingerprint density at radius 3 is 2.37 bits per heavy atom. The van der Waals surface area contributed by atoms with Crippen LogP contribution in [0.1, 0.15) is 49.0 Å². The maximum absolute atomic E-state index is 12.2. The molecule has 8 nitrogen and oxygen atoms in total. The first-order valence-electron chi connectivity index (χ1n) is 9.71. The monoisotopic (exact) mass is 407 g/mol. The first-order chi connectivity index (χ1) is 14.3. The molecule has 1 aromatic carbocycles. The van der Waals surface area contributed by atoms with Crippen LogP contribution in [0.4, 0.5) is 0 Å². The van der Waals surface area contributed by atoms with Crippen molar-refractivity contribution in [1.29, 1.82) is 0 Å². The quantitative estimate of drug-likeness (QED) is 0.623. The minimum absolute atomic E-state index is 0.0323. The van der Waals surface area contributed by atoms with E-state index in [9.17, 15) is 9.59 Å². The van der Waals surface area contributed by atoms with E-state index in [4.69, 9.17) is 4.52 Å². The number of hydrogen-bond acceptors (Lipinski definition) is 6. The van der Waals surface area contributed by atoms with Gasteiger partial charge in [0, 0.05) is 36.5 Å². The van der Waals surface area contributed by atoms with Crippen molar-refractivity contribution in [3.05, 3.63) is 65.8 Å². The van der Waals surface area contributed by atoms with Crippen molar-refractivity contribution >= 4 is 11.8 Å². The Kier molecular flexibility index (Phi) is 6.56. The van der Waals surface area contributed by atoms with Gasteiger partial charge in [0.05, 0.1) is 6.54 Å². The second kappa shape index (κ2) is 9.30. The topological polar surface area (TPSA) is 110 Å². The van der Waals surface area contributed by atoms with Crippen LogP contribution in [0.2, 0.25) is 0 Å². The molecule has 0 bridgehead atoms. The van der Waals surface area contributed by atoms with Gasteiger partial charge < -0.3 is 15.2 Å². The summed E-state index contributed by atoms with van der Waals surface area (Å²) in [4.78, 5) is 32.4. The zero-order valence-corrected chi connectivity index (χ0v) is 17.3. The van der Waals surface area contributed by atoms with Crippen molar-refractivity contribution < 1.29 is 14.1 Å². The number of rotatable bonds is 7. The maximum atomic E-state index is 12.2. The van der Waals surface area contributed by atoms with Crippen LogP contribution in [-0.2, 0) is 16.8 Å². The normalized spacial score (nSPS) is 11.2. The lowest BCUT2D eigenvalue weighted by Crippen LogP contribution is -2.30. The molecule has 0 saturated heterocycles. The van der Waals surface area contributed by atoms with Crippen LogP contribution >= 0.6 is 0 Å². The molecule has 0 aliphatic carbocycles. The van der Waals surface area contributed by atoms with Crippen molar-refractivity contribution in [2.24, 2.45) is 0 Å². The molecule has 2 N–H and O–H groups in total. The zero-order chi connectivity index (χ0) is 21.6. The van der Waals surface area contributed by atoms with Gasteiger partial charge in [0.25, 0.3) is 5.91 Å². The third-order valence-electron chi connectivity index (χ3n) is 4.49. The van der Waals surface area contributed by atoms with Crippen molar-refractivity contribution in [2.45, 2.75) is 39.2 Å². The third-order valence-corrected chi connectivity index (χ3v) is 4.49. The summed E-state index contributed by atoms with van der Waals surface area (Å²) in [5.74, 6) is 0.314. The summed E-state index contributed by atoms with van der Waals surface area (Å²) in [6.45, 7) is 6.72. The fraction of sp³-hybridized carbons (Fsp3) is 0.318. The van der Waals surface area contributed by atoms with Crippen LogP contribution < -0.4 is 10.6 Å². The molecule has 0 aliphatic rings. The molecular formula is C22H25N5O3. The summed E-state index contributed by atoms with van der Waals surface area (Å²) in [5.41, 5.74) is 2.54. The van der Waals surface area contributed by atoms with Gasteiger partial charge in [0.1, 0.15) is 0 Å². The average molecular weight is 407 g/mol. The molecule has 2 heterocycles. The Bertz CT molecular complexity index is 992. The van der Waals surface area contributed by atoms with E-state index >= 15 is 0 Å². The van der Waals surface area contributed by atoms with Gasteiger partial charge in [-0.1, -0.05) is 38.1 Å². The largest absolute Gasteiger partial charge is 0.352 e. The van der Waals surface area contributed by atoms with Gasteiger partial charge in [-0.2, -0.15) is 4.98 Å². The second-order valence-electron chi connectivity index (χ2n) is 7.86. The fourth-order valence-corrected chi connectivity index (χ4v) is 2.72. The van der Waals surface area contributed by atoms with Crippen LogP contribution in [0.15, 0.2) is 53.3 Å². The van der Waals surface area contributed by atoms with Gasteiger partial charge in [-0.3, -0.25) is 14.6 Å². The van der Waals surface area contributed by atoms with E-state index in [-0.39, 0.29) is 36.7 Å². The number of carbonyl (C=O) groups is 2. The lowest BCUT2D eigenvalue weighted by atomic mass is 9.87. The molecule has 0 fully saturated rings. The van der Waals surface area contributed by atoms with Gasteiger partial charge in [0.15, 0.2) is 0 Å². The Labute approximate surface area is 175 Å². The number of nitrogens with one attached hydrogen (secondary N) is 2. The smallest absolute Gasteiger partial charge is 0.251 e. The van der Waals surface area contributed by atoms with E-state index in [0.29, 0.717) is 17.3 Å². The minimum atomic E-state index is -0.220. The van der Waals surface area contributed by atoms with Crippen LogP contribution in [0.25, 0.3) is 11.4 Å². The highest BCUT2D eigenvalue weighted by Crippen LogP contribution is 2.22. The van der Waals surface area contributed by atoms with Gasteiger partial charge in [-0.05, 0) is 35.2 Å². The molecule has 0 radical (unpaired) electrons. The summed E-state index contributed by atoms with van der Waals surface area (Å²) in [6, 6.07) is 11.0. The molecule has 30 heavy (non-hydrogen) atoms. The summed E-state index contributed by atoms with van der Waals surface area (Å²) in [5, 5.41) is 9.34. The summed E-state index contributed by atoms with van der Waals surface area (Å²) < 4.78 is 5.14. The fourth-order valence-electron chi connectivity index (χ4n) is 2.72. The predicted octanol–water partition coefficient (Wildman–Crippen LogP) is 2.87. The molecule has 2 aromatic heterocycles.